The minimum atomic E-state index is -0.284. The first-order valence-corrected chi connectivity index (χ1v) is 10.2. The van der Waals surface area contributed by atoms with Crippen molar-refractivity contribution in [1.82, 2.24) is 29.7 Å². The Kier molecular flexibility index (Phi) is 5.67. The maximum Gasteiger partial charge on any atom is 0.274 e. The van der Waals surface area contributed by atoms with Gasteiger partial charge in [-0.15, -0.1) is 0 Å². The number of nitrogens with one attached hydrogen (secondary N) is 1. The van der Waals surface area contributed by atoms with Gasteiger partial charge in [0.25, 0.3) is 5.91 Å². The normalized spacial score (nSPS) is 23.7. The van der Waals surface area contributed by atoms with Crippen molar-refractivity contribution in [2.45, 2.75) is 31.8 Å². The third-order valence-electron chi connectivity index (χ3n) is 5.93. The maximum atomic E-state index is 13.1. The fourth-order valence-electron chi connectivity index (χ4n) is 4.61. The second kappa shape index (κ2) is 8.39. The molecule has 10 heteroatoms. The zero-order chi connectivity index (χ0) is 21.3. The molecular formula is C20H26N6O4. The minimum absolute atomic E-state index is 0.0100. The van der Waals surface area contributed by atoms with Crippen LogP contribution in [0.3, 0.4) is 0 Å². The van der Waals surface area contributed by atoms with E-state index in [1.54, 1.807) is 30.3 Å². The van der Waals surface area contributed by atoms with Gasteiger partial charge in [-0.3, -0.25) is 14.4 Å². The van der Waals surface area contributed by atoms with E-state index in [1.165, 1.54) is 10.7 Å². The Labute approximate surface area is 174 Å². The van der Waals surface area contributed by atoms with Gasteiger partial charge in [0.05, 0.1) is 24.8 Å². The highest BCUT2D eigenvalue weighted by molar-refractivity contribution is 5.96. The Morgan fingerprint density at radius 1 is 1.37 bits per heavy atom. The van der Waals surface area contributed by atoms with Crippen LogP contribution >= 0.6 is 0 Å². The van der Waals surface area contributed by atoms with E-state index >= 15 is 0 Å². The number of imidazole rings is 1. The molecule has 3 amide bonds. The van der Waals surface area contributed by atoms with Crippen LogP contribution in [0.1, 0.15) is 30.3 Å². The third-order valence-corrected chi connectivity index (χ3v) is 5.93. The van der Waals surface area contributed by atoms with Crippen LogP contribution < -0.4 is 5.32 Å². The highest BCUT2D eigenvalue weighted by Gasteiger charge is 2.49. The topological polar surface area (TPSA) is 109 Å². The number of carbonyl (C=O) groups excluding carboxylic acids is 3. The summed E-state index contributed by atoms with van der Waals surface area (Å²) in [5, 5.41) is 7.08. The summed E-state index contributed by atoms with van der Waals surface area (Å²) < 4.78 is 6.47. The van der Waals surface area contributed by atoms with E-state index < -0.39 is 0 Å². The molecule has 0 unspecified atom stereocenters. The molecular weight excluding hydrogens is 388 g/mol. The van der Waals surface area contributed by atoms with Crippen molar-refractivity contribution < 1.29 is 19.1 Å². The van der Waals surface area contributed by atoms with Crippen LogP contribution in [0.5, 0.6) is 0 Å². The summed E-state index contributed by atoms with van der Waals surface area (Å²) in [6.07, 6.45) is 4.30. The van der Waals surface area contributed by atoms with Crippen LogP contribution in [0.25, 0.3) is 5.65 Å². The number of methoxy groups -OCH3 is 1. The molecule has 2 aliphatic rings. The molecule has 10 nitrogen and oxygen atoms in total. The molecule has 4 heterocycles. The number of rotatable bonds is 6. The van der Waals surface area contributed by atoms with Crippen LogP contribution in [0.15, 0.2) is 24.5 Å². The molecule has 160 valence electrons. The lowest BCUT2D eigenvalue weighted by Crippen LogP contribution is -2.57. The molecule has 4 rings (SSSR count). The SMILES string of the molecule is CC[C@H]1[C@@H](C(=O)NCCOC)C[C@H]2CN(C(=O)c3cnc4cccnn34)CC(=O)N21. The molecule has 0 bridgehead atoms. The lowest BCUT2D eigenvalue weighted by Gasteiger charge is -2.39. The van der Waals surface area contributed by atoms with Gasteiger partial charge in [-0.25, -0.2) is 9.50 Å². The first-order chi connectivity index (χ1) is 14.5. The van der Waals surface area contributed by atoms with Crippen LogP contribution in [-0.2, 0) is 14.3 Å². The van der Waals surface area contributed by atoms with E-state index in [9.17, 15) is 14.4 Å². The van der Waals surface area contributed by atoms with E-state index in [0.717, 1.165) is 0 Å². The molecule has 1 N–H and O–H groups in total. The van der Waals surface area contributed by atoms with Gasteiger partial charge in [-0.05, 0) is 25.0 Å². The van der Waals surface area contributed by atoms with E-state index in [1.807, 2.05) is 11.8 Å². The fraction of sp³-hybridized carbons (Fsp3) is 0.550. The molecule has 2 aromatic heterocycles. The average molecular weight is 414 g/mol. The number of fused-ring (bicyclic) bond motifs is 2. The molecule has 0 spiro atoms. The van der Waals surface area contributed by atoms with Crippen LogP contribution in [0.4, 0.5) is 0 Å². The van der Waals surface area contributed by atoms with Gasteiger partial charge in [0.2, 0.25) is 11.8 Å². The molecule has 2 aliphatic heterocycles. The Morgan fingerprint density at radius 3 is 2.97 bits per heavy atom. The Hall–Kier alpha value is -3.01. The van der Waals surface area contributed by atoms with Crippen molar-refractivity contribution in [3.63, 3.8) is 0 Å². The van der Waals surface area contributed by atoms with Gasteiger partial charge < -0.3 is 19.9 Å². The van der Waals surface area contributed by atoms with Crippen LogP contribution in [-0.4, -0.2) is 87.6 Å². The smallest absolute Gasteiger partial charge is 0.274 e. The molecule has 0 aliphatic carbocycles. The summed E-state index contributed by atoms with van der Waals surface area (Å²) >= 11 is 0. The first-order valence-electron chi connectivity index (χ1n) is 10.2. The molecule has 0 saturated carbocycles. The van der Waals surface area contributed by atoms with Gasteiger partial charge in [-0.1, -0.05) is 6.92 Å². The largest absolute Gasteiger partial charge is 0.383 e. The number of carbonyl (C=O) groups is 3. The van der Waals surface area contributed by atoms with Crippen molar-refractivity contribution >= 4 is 23.4 Å². The monoisotopic (exact) mass is 414 g/mol. The lowest BCUT2D eigenvalue weighted by atomic mass is 9.96. The van der Waals surface area contributed by atoms with Gasteiger partial charge in [0.1, 0.15) is 6.54 Å². The summed E-state index contributed by atoms with van der Waals surface area (Å²) in [4.78, 5) is 46.3. The minimum Gasteiger partial charge on any atom is -0.383 e. The van der Waals surface area contributed by atoms with Crippen molar-refractivity contribution in [1.29, 1.82) is 0 Å². The zero-order valence-corrected chi connectivity index (χ0v) is 17.2. The van der Waals surface area contributed by atoms with E-state index in [0.29, 0.717) is 43.9 Å². The van der Waals surface area contributed by atoms with E-state index in [4.69, 9.17) is 4.74 Å². The highest BCUT2D eigenvalue weighted by atomic mass is 16.5. The third kappa shape index (κ3) is 3.51. The van der Waals surface area contributed by atoms with Crippen molar-refractivity contribution in [2.24, 2.45) is 5.92 Å². The molecule has 0 aromatic carbocycles. The van der Waals surface area contributed by atoms with Gasteiger partial charge in [0, 0.05) is 32.4 Å². The molecule has 0 radical (unpaired) electrons. The Balaban J connectivity index is 1.51. The van der Waals surface area contributed by atoms with E-state index in [2.05, 4.69) is 15.4 Å². The second-order valence-corrected chi connectivity index (χ2v) is 7.68. The molecule has 3 atom stereocenters. The predicted octanol–water partition coefficient (Wildman–Crippen LogP) is -0.0566. The Morgan fingerprint density at radius 2 is 2.20 bits per heavy atom. The number of aromatic nitrogens is 3. The number of ether oxygens (including phenoxy) is 1. The maximum absolute atomic E-state index is 13.1. The summed E-state index contributed by atoms with van der Waals surface area (Å²) in [7, 11) is 1.58. The van der Waals surface area contributed by atoms with Crippen molar-refractivity contribution in [3.8, 4) is 0 Å². The number of hydrogen-bond donors (Lipinski definition) is 1. The standard InChI is InChI=1S/C20H26N6O4/c1-3-15-14(19(28)21-7-8-30-2)9-13-11-24(12-18(27)25(13)15)20(29)16-10-22-17-5-4-6-23-26(16)17/h4-6,10,13-15H,3,7-9,11-12H2,1-2H3,(H,21,28)/t13-,14-,15-/m0/s1. The molecule has 30 heavy (non-hydrogen) atoms. The van der Waals surface area contributed by atoms with Gasteiger partial charge in [-0.2, -0.15) is 5.10 Å². The predicted molar refractivity (Wildman–Crippen MR) is 107 cm³/mol. The summed E-state index contributed by atoms with van der Waals surface area (Å²) in [5.74, 6) is -0.756. The average Bonchev–Trinajstić information content (AvgIpc) is 3.35. The lowest BCUT2D eigenvalue weighted by molar-refractivity contribution is -0.139. The number of nitrogens with zero attached hydrogens (tertiary/aromatic N) is 5. The number of hydrogen-bond acceptors (Lipinski definition) is 6. The number of piperazine rings is 1. The molecule has 2 fully saturated rings. The second-order valence-electron chi connectivity index (χ2n) is 7.68. The summed E-state index contributed by atoms with van der Waals surface area (Å²) in [6, 6.07) is 3.19. The van der Waals surface area contributed by atoms with Gasteiger partial charge >= 0.3 is 0 Å². The molecule has 2 aromatic rings. The zero-order valence-electron chi connectivity index (χ0n) is 17.2. The first kappa shape index (κ1) is 20.3. The molecule has 2 saturated heterocycles. The van der Waals surface area contributed by atoms with Gasteiger partial charge in [0.15, 0.2) is 11.3 Å². The fourth-order valence-corrected chi connectivity index (χ4v) is 4.61. The van der Waals surface area contributed by atoms with Crippen LogP contribution in [0.2, 0.25) is 0 Å². The van der Waals surface area contributed by atoms with E-state index in [-0.39, 0.29) is 42.3 Å². The summed E-state index contributed by atoms with van der Waals surface area (Å²) in [5.41, 5.74) is 0.899. The summed E-state index contributed by atoms with van der Waals surface area (Å²) in [6.45, 7) is 3.24. The van der Waals surface area contributed by atoms with Crippen molar-refractivity contribution in [2.75, 3.05) is 33.4 Å². The highest BCUT2D eigenvalue weighted by Crippen LogP contribution is 2.35. The van der Waals surface area contributed by atoms with Crippen LogP contribution in [0, 0.1) is 5.92 Å². The Bertz CT molecular complexity index is 960. The van der Waals surface area contributed by atoms with Crippen molar-refractivity contribution in [3.05, 3.63) is 30.2 Å². The quantitative estimate of drug-likeness (QED) is 0.664. The number of amides is 3.